The number of hydrogen-bond acceptors (Lipinski definition) is 4. The summed E-state index contributed by atoms with van der Waals surface area (Å²) in [7, 11) is 0. The molecule has 1 aliphatic rings. The van der Waals surface area contributed by atoms with Gasteiger partial charge in [0.2, 0.25) is 0 Å². The number of anilines is 2. The van der Waals surface area contributed by atoms with Crippen molar-refractivity contribution in [2.45, 2.75) is 5.41 Å². The van der Waals surface area contributed by atoms with Gasteiger partial charge < -0.3 is 11.5 Å². The molecule has 0 aliphatic heterocycles. The number of nitrogen functional groups attached to an aromatic ring is 2. The number of hydrogen-bond donors (Lipinski definition) is 2. The van der Waals surface area contributed by atoms with Gasteiger partial charge in [-0.1, -0.05) is 24.3 Å². The van der Waals surface area contributed by atoms with Crippen molar-refractivity contribution in [3.8, 4) is 11.3 Å². The summed E-state index contributed by atoms with van der Waals surface area (Å²) < 4.78 is 58.3. The monoisotopic (exact) mass is 422 g/mol. The first-order chi connectivity index (χ1) is 14.9. The van der Waals surface area contributed by atoms with Crippen LogP contribution in [0, 0.1) is 23.3 Å². The second kappa shape index (κ2) is 6.53. The Bertz CT molecular complexity index is 1220. The van der Waals surface area contributed by atoms with E-state index in [4.69, 9.17) is 11.5 Å². The molecule has 1 aromatic heterocycles. The van der Waals surface area contributed by atoms with E-state index in [1.807, 2.05) is 0 Å². The molecule has 154 valence electrons. The molecule has 0 spiro atoms. The van der Waals surface area contributed by atoms with Gasteiger partial charge >= 0.3 is 0 Å². The molecule has 31 heavy (non-hydrogen) atoms. The number of aromatic nitrogens is 2. The molecular weight excluding hydrogens is 408 g/mol. The highest BCUT2D eigenvalue weighted by molar-refractivity contribution is 5.82. The normalized spacial score (nSPS) is 13.7. The van der Waals surface area contributed by atoms with Crippen LogP contribution in [0.1, 0.15) is 22.4 Å². The molecule has 0 saturated carbocycles. The third-order valence-corrected chi connectivity index (χ3v) is 5.66. The molecule has 5 rings (SSSR count). The highest BCUT2D eigenvalue weighted by Crippen LogP contribution is 2.55. The average molecular weight is 422 g/mol. The van der Waals surface area contributed by atoms with Crippen molar-refractivity contribution in [3.63, 3.8) is 0 Å². The van der Waals surface area contributed by atoms with Crippen LogP contribution >= 0.6 is 0 Å². The maximum atomic E-state index is 14.6. The SMILES string of the molecule is Nc1c(F)cc(C2(c3cc(F)c(N)c(F)c3)c3ccccc3-c3nccnc32)cc1F. The summed E-state index contributed by atoms with van der Waals surface area (Å²) in [5, 5.41) is 0. The molecule has 0 bridgehead atoms. The van der Waals surface area contributed by atoms with Gasteiger partial charge in [-0.3, -0.25) is 9.97 Å². The van der Waals surface area contributed by atoms with Crippen LogP contribution in [0.5, 0.6) is 0 Å². The van der Waals surface area contributed by atoms with Crippen molar-refractivity contribution < 1.29 is 17.6 Å². The number of nitrogens with two attached hydrogens (primary N) is 2. The zero-order valence-corrected chi connectivity index (χ0v) is 15.8. The number of nitrogens with zero attached hydrogens (tertiary/aromatic N) is 2. The molecule has 0 radical (unpaired) electrons. The number of benzene rings is 3. The Labute approximate surface area is 174 Å². The van der Waals surface area contributed by atoms with E-state index in [9.17, 15) is 17.6 Å². The van der Waals surface area contributed by atoms with Gasteiger partial charge in [-0.15, -0.1) is 0 Å². The summed E-state index contributed by atoms with van der Waals surface area (Å²) in [6.45, 7) is 0. The lowest BCUT2D eigenvalue weighted by atomic mass is 9.69. The predicted molar refractivity (Wildman–Crippen MR) is 108 cm³/mol. The molecular formula is C23H14F4N4. The Hall–Kier alpha value is -3.94. The van der Waals surface area contributed by atoms with Crippen LogP contribution in [-0.4, -0.2) is 9.97 Å². The van der Waals surface area contributed by atoms with Crippen LogP contribution < -0.4 is 11.5 Å². The van der Waals surface area contributed by atoms with Crippen LogP contribution in [0.15, 0.2) is 60.9 Å². The van der Waals surface area contributed by atoms with Crippen LogP contribution in [0.3, 0.4) is 0 Å². The van der Waals surface area contributed by atoms with E-state index < -0.39 is 40.1 Å². The molecule has 0 saturated heterocycles. The second-order valence-electron chi connectivity index (χ2n) is 7.26. The van der Waals surface area contributed by atoms with Crippen LogP contribution in [0.25, 0.3) is 11.3 Å². The van der Waals surface area contributed by atoms with Gasteiger partial charge in [0, 0.05) is 18.0 Å². The molecule has 0 unspecified atom stereocenters. The number of fused-ring (bicyclic) bond motifs is 3. The van der Waals surface area contributed by atoms with Gasteiger partial charge in [0.25, 0.3) is 0 Å². The highest BCUT2D eigenvalue weighted by Gasteiger charge is 2.49. The summed E-state index contributed by atoms with van der Waals surface area (Å²) in [4.78, 5) is 8.81. The molecule has 4 nitrogen and oxygen atoms in total. The van der Waals surface area contributed by atoms with Crippen molar-refractivity contribution in [1.29, 1.82) is 0 Å². The lowest BCUT2D eigenvalue weighted by Crippen LogP contribution is -2.30. The van der Waals surface area contributed by atoms with E-state index in [1.165, 1.54) is 12.4 Å². The lowest BCUT2D eigenvalue weighted by molar-refractivity contribution is 0.571. The maximum Gasteiger partial charge on any atom is 0.149 e. The standard InChI is InChI=1S/C23H14F4N4/c24-15-7-11(8-16(25)19(15)28)23(12-9-17(26)20(29)18(27)10-12)14-4-2-1-3-13(14)21-22(23)31-6-5-30-21/h1-10H,28-29H2. The van der Waals surface area contributed by atoms with Crippen LogP contribution in [0.2, 0.25) is 0 Å². The van der Waals surface area contributed by atoms with Gasteiger partial charge in [-0.2, -0.15) is 0 Å². The van der Waals surface area contributed by atoms with Crippen molar-refractivity contribution in [3.05, 3.63) is 107 Å². The van der Waals surface area contributed by atoms with Gasteiger partial charge in [0.15, 0.2) is 0 Å². The van der Waals surface area contributed by atoms with Crippen molar-refractivity contribution >= 4 is 11.4 Å². The fourth-order valence-electron chi connectivity index (χ4n) is 4.31. The summed E-state index contributed by atoms with van der Waals surface area (Å²) in [6.07, 6.45) is 2.88. The highest BCUT2D eigenvalue weighted by atomic mass is 19.1. The molecule has 0 amide bonds. The Morgan fingerprint density at radius 3 is 1.71 bits per heavy atom. The average Bonchev–Trinajstić information content (AvgIpc) is 3.06. The van der Waals surface area contributed by atoms with E-state index >= 15 is 0 Å². The minimum Gasteiger partial charge on any atom is -0.394 e. The topological polar surface area (TPSA) is 77.8 Å². The third-order valence-electron chi connectivity index (χ3n) is 5.66. The summed E-state index contributed by atoms with van der Waals surface area (Å²) >= 11 is 0. The molecule has 4 aromatic rings. The zero-order valence-electron chi connectivity index (χ0n) is 15.8. The predicted octanol–water partition coefficient (Wildman–Crippen LogP) is 4.56. The summed E-state index contributed by atoms with van der Waals surface area (Å²) in [5.41, 5.74) is 10.1. The maximum absolute atomic E-state index is 14.6. The summed E-state index contributed by atoms with van der Waals surface area (Å²) in [6, 6.07) is 11.1. The molecule has 0 atom stereocenters. The fraction of sp³-hybridized carbons (Fsp3) is 0.0435. The first-order valence-electron chi connectivity index (χ1n) is 9.27. The number of rotatable bonds is 2. The molecule has 8 heteroatoms. The Kier molecular flexibility index (Phi) is 4.01. The molecule has 3 aromatic carbocycles. The van der Waals surface area contributed by atoms with Crippen LogP contribution in [-0.2, 0) is 5.41 Å². The number of halogens is 4. The quantitative estimate of drug-likeness (QED) is 0.323. The Morgan fingerprint density at radius 2 is 1.16 bits per heavy atom. The molecule has 1 aliphatic carbocycles. The van der Waals surface area contributed by atoms with Gasteiger partial charge in [0.1, 0.15) is 34.6 Å². The Morgan fingerprint density at radius 1 is 0.677 bits per heavy atom. The van der Waals surface area contributed by atoms with Crippen molar-refractivity contribution in [2.75, 3.05) is 11.5 Å². The van der Waals surface area contributed by atoms with Crippen molar-refractivity contribution in [2.24, 2.45) is 0 Å². The van der Waals surface area contributed by atoms with Gasteiger partial charge in [-0.25, -0.2) is 17.6 Å². The van der Waals surface area contributed by atoms with Gasteiger partial charge in [-0.05, 0) is 41.0 Å². The van der Waals surface area contributed by atoms with E-state index in [-0.39, 0.29) is 16.8 Å². The zero-order chi connectivity index (χ0) is 21.9. The van der Waals surface area contributed by atoms with Crippen LogP contribution in [0.4, 0.5) is 28.9 Å². The lowest BCUT2D eigenvalue weighted by Gasteiger charge is -2.32. The van der Waals surface area contributed by atoms with Crippen molar-refractivity contribution in [1.82, 2.24) is 9.97 Å². The first-order valence-corrected chi connectivity index (χ1v) is 9.27. The van der Waals surface area contributed by atoms with E-state index in [2.05, 4.69) is 9.97 Å². The molecule has 1 heterocycles. The molecule has 4 N–H and O–H groups in total. The largest absolute Gasteiger partial charge is 0.394 e. The fourth-order valence-corrected chi connectivity index (χ4v) is 4.31. The second-order valence-corrected chi connectivity index (χ2v) is 7.26. The minimum atomic E-state index is -1.55. The summed E-state index contributed by atoms with van der Waals surface area (Å²) in [5.74, 6) is -4.00. The van der Waals surface area contributed by atoms with E-state index in [0.717, 1.165) is 24.3 Å². The van der Waals surface area contributed by atoms with E-state index in [1.54, 1.807) is 24.3 Å². The minimum absolute atomic E-state index is 0.0620. The smallest absolute Gasteiger partial charge is 0.149 e. The van der Waals surface area contributed by atoms with Gasteiger partial charge in [0.05, 0.1) is 16.8 Å². The van der Waals surface area contributed by atoms with E-state index in [0.29, 0.717) is 16.8 Å². The third kappa shape index (κ3) is 2.48. The first kappa shape index (κ1) is 19.0. The Balaban J connectivity index is 2.00. The molecule has 0 fully saturated rings.